The fourth-order valence-corrected chi connectivity index (χ4v) is 5.14. The number of benzene rings is 2. The average Bonchev–Trinajstić information content (AvgIpc) is 3.11. The first kappa shape index (κ1) is 36.8. The van der Waals surface area contributed by atoms with E-state index in [1.807, 2.05) is 38.1 Å². The molecule has 16 heteroatoms. The molecule has 4 N–H and O–H groups in total. The van der Waals surface area contributed by atoms with Gasteiger partial charge in [-0.25, -0.2) is 4.98 Å². The molecule has 51 heavy (non-hydrogen) atoms. The number of aromatic nitrogens is 3. The predicted molar refractivity (Wildman–Crippen MR) is 185 cm³/mol. The van der Waals surface area contributed by atoms with Crippen molar-refractivity contribution in [1.82, 2.24) is 30.5 Å². The Morgan fingerprint density at radius 1 is 0.902 bits per heavy atom. The van der Waals surface area contributed by atoms with E-state index in [2.05, 4.69) is 36.2 Å². The van der Waals surface area contributed by atoms with E-state index in [1.54, 1.807) is 24.3 Å². The Balaban J connectivity index is 1.13. The Morgan fingerprint density at radius 2 is 1.61 bits per heavy atom. The SMILES string of the molecule is CC(C)(CNC(=O)C(=O)N1CCc2ccccc2C1)CNC(=O)c1ccc(Nc2cc(NCc3ccc(Cl)cc3)nc(OCC(F)(F)F)n2)nc1. The molecule has 3 heterocycles. The van der Waals surface area contributed by atoms with E-state index in [0.717, 1.165) is 11.1 Å². The van der Waals surface area contributed by atoms with Crippen LogP contribution in [0.4, 0.5) is 30.6 Å². The van der Waals surface area contributed by atoms with E-state index in [-0.39, 0.29) is 36.1 Å². The van der Waals surface area contributed by atoms with Gasteiger partial charge < -0.3 is 30.9 Å². The second-order valence-corrected chi connectivity index (χ2v) is 13.1. The number of hydrogen-bond donors (Lipinski definition) is 4. The number of anilines is 3. The molecule has 0 bridgehead atoms. The van der Waals surface area contributed by atoms with E-state index in [4.69, 9.17) is 16.3 Å². The first-order valence-corrected chi connectivity index (χ1v) is 16.3. The number of fused-ring (bicyclic) bond motifs is 1. The van der Waals surface area contributed by atoms with Gasteiger partial charge in [0, 0.05) is 50.0 Å². The van der Waals surface area contributed by atoms with Gasteiger partial charge in [0.25, 0.3) is 5.91 Å². The van der Waals surface area contributed by atoms with E-state index in [1.165, 1.54) is 34.9 Å². The van der Waals surface area contributed by atoms with Crippen LogP contribution < -0.4 is 26.0 Å². The van der Waals surface area contributed by atoms with Crippen LogP contribution in [0.3, 0.4) is 0 Å². The summed E-state index contributed by atoms with van der Waals surface area (Å²) in [5.74, 6) is -1.18. The zero-order chi connectivity index (χ0) is 36.6. The van der Waals surface area contributed by atoms with Crippen LogP contribution in [0, 0.1) is 5.41 Å². The van der Waals surface area contributed by atoms with Crippen LogP contribution >= 0.6 is 11.6 Å². The molecule has 0 saturated heterocycles. The quantitative estimate of drug-likeness (QED) is 0.143. The van der Waals surface area contributed by atoms with Crippen LogP contribution in [0.1, 0.15) is 40.9 Å². The molecule has 0 atom stereocenters. The monoisotopic (exact) mass is 724 g/mol. The van der Waals surface area contributed by atoms with Gasteiger partial charge in [0.1, 0.15) is 17.5 Å². The number of nitrogens with zero attached hydrogens (tertiary/aromatic N) is 4. The molecule has 1 aliphatic rings. The van der Waals surface area contributed by atoms with Crippen molar-refractivity contribution in [3.05, 3.63) is 100 Å². The maximum atomic E-state index is 12.9. The van der Waals surface area contributed by atoms with Gasteiger partial charge in [0.2, 0.25) is 0 Å². The molecule has 268 valence electrons. The summed E-state index contributed by atoms with van der Waals surface area (Å²) >= 11 is 5.93. The van der Waals surface area contributed by atoms with Gasteiger partial charge in [-0.2, -0.15) is 23.1 Å². The maximum Gasteiger partial charge on any atom is 0.422 e. The highest BCUT2D eigenvalue weighted by Gasteiger charge is 2.30. The first-order valence-electron chi connectivity index (χ1n) is 16.0. The van der Waals surface area contributed by atoms with Gasteiger partial charge in [0.15, 0.2) is 6.61 Å². The molecule has 1 aliphatic heterocycles. The Hall–Kier alpha value is -5.44. The lowest BCUT2D eigenvalue weighted by atomic mass is 9.93. The highest BCUT2D eigenvalue weighted by Crippen LogP contribution is 2.23. The van der Waals surface area contributed by atoms with Gasteiger partial charge in [-0.15, -0.1) is 0 Å². The predicted octanol–water partition coefficient (Wildman–Crippen LogP) is 5.28. The highest BCUT2D eigenvalue weighted by atomic mass is 35.5. The third kappa shape index (κ3) is 11.0. The summed E-state index contributed by atoms with van der Waals surface area (Å²) in [6.45, 7) is 3.57. The van der Waals surface area contributed by atoms with E-state index < -0.39 is 41.9 Å². The van der Waals surface area contributed by atoms with E-state index in [9.17, 15) is 27.6 Å². The smallest absolute Gasteiger partial charge is 0.422 e. The standard InChI is InChI=1S/C35H36ClF3N8O4/c1-34(2,20-43-31(49)32(50)47-14-13-23-5-3-4-6-25(23)18-47)19-42-30(48)24-9-12-27(41-17-24)44-29-15-28(40-16-22-7-10-26(36)11-8-22)45-33(46-29)51-21-35(37,38)39/h3-12,15,17H,13-14,16,18-21H2,1-2H3,(H,42,48)(H,43,49)(H2,40,41,44,45,46). The van der Waals surface area contributed by atoms with Gasteiger partial charge >= 0.3 is 24.0 Å². The average molecular weight is 725 g/mol. The molecule has 2 aromatic heterocycles. The lowest BCUT2D eigenvalue weighted by Crippen LogP contribution is -2.48. The minimum Gasteiger partial charge on any atom is -0.454 e. The number of carbonyl (C=O) groups excluding carboxylic acids is 3. The maximum absolute atomic E-state index is 12.9. The number of hydrogen-bond acceptors (Lipinski definition) is 9. The number of halogens is 4. The second-order valence-electron chi connectivity index (χ2n) is 12.6. The van der Waals surface area contributed by atoms with Gasteiger partial charge in [0.05, 0.1) is 5.56 Å². The lowest BCUT2D eigenvalue weighted by molar-refractivity contribution is -0.154. The molecular formula is C35H36ClF3N8O4. The largest absolute Gasteiger partial charge is 0.454 e. The van der Waals surface area contributed by atoms with Crippen molar-refractivity contribution in [3.63, 3.8) is 0 Å². The number of ether oxygens (including phenoxy) is 1. The third-order valence-electron chi connectivity index (χ3n) is 7.81. The minimum atomic E-state index is -4.59. The molecule has 0 radical (unpaired) electrons. The van der Waals surface area contributed by atoms with Crippen molar-refractivity contribution in [2.24, 2.45) is 5.41 Å². The van der Waals surface area contributed by atoms with Crippen LogP contribution in [-0.4, -0.2) is 70.0 Å². The van der Waals surface area contributed by atoms with Crippen molar-refractivity contribution < 1.29 is 32.3 Å². The fraction of sp³-hybridized carbons (Fsp3) is 0.314. The van der Waals surface area contributed by atoms with Crippen molar-refractivity contribution in [3.8, 4) is 6.01 Å². The molecule has 0 spiro atoms. The Bertz CT molecular complexity index is 1860. The molecule has 0 saturated carbocycles. The van der Waals surface area contributed by atoms with E-state index >= 15 is 0 Å². The second kappa shape index (κ2) is 16.1. The minimum absolute atomic E-state index is 0.0952. The fourth-order valence-electron chi connectivity index (χ4n) is 5.01. The lowest BCUT2D eigenvalue weighted by Gasteiger charge is -2.29. The van der Waals surface area contributed by atoms with Crippen molar-refractivity contribution >= 4 is 46.8 Å². The number of alkyl halides is 3. The van der Waals surface area contributed by atoms with Crippen molar-refractivity contribution in [2.45, 2.75) is 39.5 Å². The first-order chi connectivity index (χ1) is 24.2. The van der Waals surface area contributed by atoms with Crippen LogP contribution in [0.25, 0.3) is 0 Å². The number of pyridine rings is 1. The Labute approximate surface area is 297 Å². The molecule has 4 aromatic rings. The molecule has 0 unspecified atom stereocenters. The molecule has 12 nitrogen and oxygen atoms in total. The topological polar surface area (TPSA) is 150 Å². The molecule has 2 aromatic carbocycles. The molecular weight excluding hydrogens is 689 g/mol. The van der Waals surface area contributed by atoms with Crippen molar-refractivity contribution in [1.29, 1.82) is 0 Å². The molecule has 5 rings (SSSR count). The Morgan fingerprint density at radius 3 is 2.31 bits per heavy atom. The zero-order valence-corrected chi connectivity index (χ0v) is 28.6. The summed E-state index contributed by atoms with van der Waals surface area (Å²) < 4.78 is 43.2. The van der Waals surface area contributed by atoms with Crippen LogP contribution in [-0.2, 0) is 29.1 Å². The molecule has 0 fully saturated rings. The third-order valence-corrected chi connectivity index (χ3v) is 8.06. The normalized spacial score (nSPS) is 12.8. The summed E-state index contributed by atoms with van der Waals surface area (Å²) in [6.07, 6.45) is -2.58. The van der Waals surface area contributed by atoms with Gasteiger partial charge in [-0.1, -0.05) is 61.8 Å². The molecule has 0 aliphatic carbocycles. The summed E-state index contributed by atoms with van der Waals surface area (Å²) in [6, 6.07) is 18.8. The van der Waals surface area contributed by atoms with Gasteiger partial charge in [-0.05, 0) is 52.8 Å². The van der Waals surface area contributed by atoms with E-state index in [0.29, 0.717) is 31.1 Å². The van der Waals surface area contributed by atoms with Crippen LogP contribution in [0.2, 0.25) is 5.02 Å². The molecule has 3 amide bonds. The number of rotatable bonds is 12. The highest BCUT2D eigenvalue weighted by molar-refractivity contribution is 6.35. The summed E-state index contributed by atoms with van der Waals surface area (Å²) in [4.78, 5) is 52.1. The Kier molecular flexibility index (Phi) is 11.6. The number of carbonyl (C=O) groups is 3. The zero-order valence-electron chi connectivity index (χ0n) is 27.8. The summed E-state index contributed by atoms with van der Waals surface area (Å²) in [5.41, 5.74) is 2.70. The van der Waals surface area contributed by atoms with Crippen LogP contribution in [0.5, 0.6) is 6.01 Å². The van der Waals surface area contributed by atoms with Crippen molar-refractivity contribution in [2.75, 3.05) is 36.9 Å². The van der Waals surface area contributed by atoms with Crippen LogP contribution in [0.15, 0.2) is 72.9 Å². The summed E-state index contributed by atoms with van der Waals surface area (Å²) in [5, 5.41) is 12.0. The number of amides is 3. The number of nitrogens with one attached hydrogen (secondary N) is 4. The van der Waals surface area contributed by atoms with Gasteiger partial charge in [-0.3, -0.25) is 14.4 Å². The summed E-state index contributed by atoms with van der Waals surface area (Å²) in [7, 11) is 0.